The molecule has 24 heavy (non-hydrogen) atoms. The van der Waals surface area contributed by atoms with Crippen LogP contribution in [0, 0.1) is 0 Å². The highest BCUT2D eigenvalue weighted by molar-refractivity contribution is 6.32. The number of piperidine rings is 1. The highest BCUT2D eigenvalue weighted by Gasteiger charge is 2.42. The molecule has 2 unspecified atom stereocenters. The van der Waals surface area contributed by atoms with Crippen LogP contribution in [0.5, 0.6) is 0 Å². The Labute approximate surface area is 145 Å². The van der Waals surface area contributed by atoms with E-state index in [1.54, 1.807) is 6.20 Å². The second kappa shape index (κ2) is 5.43. The topological polar surface area (TPSA) is 65.4 Å². The minimum Gasteiger partial charge on any atom is -0.339 e. The van der Waals surface area contributed by atoms with E-state index in [4.69, 9.17) is 11.6 Å². The summed E-state index contributed by atoms with van der Waals surface area (Å²) in [5, 5.41) is 7.27. The lowest BCUT2D eigenvalue weighted by molar-refractivity contribution is 0.258. The molecule has 0 spiro atoms. The standard InChI is InChI=1S/C17H17ClN6/c18-15-9-21-17(24-13-4-14(24)8-20-7-13)23-16(15)22-12-2-1-10-5-19-6-11(10)3-12/h1-3,6,9,13-14,20H,4-5,7-8H2,(H,21,22,23). The van der Waals surface area contributed by atoms with Crippen molar-refractivity contribution in [3.63, 3.8) is 0 Å². The largest absolute Gasteiger partial charge is 0.339 e. The van der Waals surface area contributed by atoms with Gasteiger partial charge in [0, 0.05) is 37.1 Å². The molecule has 2 aromatic rings. The maximum atomic E-state index is 6.31. The van der Waals surface area contributed by atoms with Crippen LogP contribution in [0.4, 0.5) is 17.5 Å². The molecule has 5 rings (SSSR count). The Morgan fingerprint density at radius 3 is 2.96 bits per heavy atom. The van der Waals surface area contributed by atoms with Crippen LogP contribution in [0.25, 0.3) is 0 Å². The zero-order chi connectivity index (χ0) is 16.1. The average Bonchev–Trinajstić information content (AvgIpc) is 3.06. The zero-order valence-electron chi connectivity index (χ0n) is 13.0. The Morgan fingerprint density at radius 1 is 1.25 bits per heavy atom. The molecule has 0 aliphatic carbocycles. The molecule has 2 atom stereocenters. The van der Waals surface area contributed by atoms with Crippen LogP contribution in [0.3, 0.4) is 0 Å². The number of aliphatic imine (C=N–C) groups is 1. The van der Waals surface area contributed by atoms with Gasteiger partial charge in [0.2, 0.25) is 5.95 Å². The number of hydrogen-bond acceptors (Lipinski definition) is 6. The number of piperazine rings is 1. The number of aromatic nitrogens is 2. The first kappa shape index (κ1) is 14.2. The van der Waals surface area contributed by atoms with Gasteiger partial charge in [0.1, 0.15) is 5.02 Å². The van der Waals surface area contributed by atoms with Gasteiger partial charge in [0.15, 0.2) is 5.82 Å². The summed E-state index contributed by atoms with van der Waals surface area (Å²) in [6.07, 6.45) is 4.80. The van der Waals surface area contributed by atoms with E-state index in [1.807, 2.05) is 12.3 Å². The van der Waals surface area contributed by atoms with Crippen molar-refractivity contribution in [2.75, 3.05) is 23.3 Å². The van der Waals surface area contributed by atoms with Gasteiger partial charge < -0.3 is 15.5 Å². The van der Waals surface area contributed by atoms with Crippen molar-refractivity contribution in [2.45, 2.75) is 25.0 Å². The van der Waals surface area contributed by atoms with E-state index in [-0.39, 0.29) is 0 Å². The van der Waals surface area contributed by atoms with E-state index in [0.717, 1.165) is 36.8 Å². The predicted octanol–water partition coefficient (Wildman–Crippen LogP) is 2.36. The highest BCUT2D eigenvalue weighted by Crippen LogP contribution is 2.34. The van der Waals surface area contributed by atoms with E-state index in [0.29, 0.717) is 22.9 Å². The lowest BCUT2D eigenvalue weighted by atomic mass is 9.89. The van der Waals surface area contributed by atoms with E-state index >= 15 is 0 Å². The third-order valence-electron chi connectivity index (χ3n) is 4.95. The van der Waals surface area contributed by atoms with Gasteiger partial charge >= 0.3 is 0 Å². The fourth-order valence-electron chi connectivity index (χ4n) is 3.69. The van der Waals surface area contributed by atoms with Crippen LogP contribution in [0.15, 0.2) is 29.4 Å². The van der Waals surface area contributed by atoms with Crippen LogP contribution < -0.4 is 15.5 Å². The van der Waals surface area contributed by atoms with Crippen LogP contribution in [-0.2, 0) is 6.54 Å². The minimum absolute atomic E-state index is 0.494. The Balaban J connectivity index is 1.43. The Morgan fingerprint density at radius 2 is 2.12 bits per heavy atom. The quantitative estimate of drug-likeness (QED) is 0.898. The second-order valence-electron chi connectivity index (χ2n) is 6.48. The zero-order valence-corrected chi connectivity index (χ0v) is 13.8. The first-order valence-electron chi connectivity index (χ1n) is 8.19. The number of nitrogens with zero attached hydrogens (tertiary/aromatic N) is 4. The molecule has 3 aliphatic rings. The van der Waals surface area contributed by atoms with E-state index in [1.165, 1.54) is 12.0 Å². The highest BCUT2D eigenvalue weighted by atomic mass is 35.5. The molecule has 0 amide bonds. The Kier molecular flexibility index (Phi) is 3.21. The molecule has 0 radical (unpaired) electrons. The van der Waals surface area contributed by atoms with Crippen molar-refractivity contribution < 1.29 is 0 Å². The van der Waals surface area contributed by atoms with Gasteiger partial charge in [-0.25, -0.2) is 4.98 Å². The van der Waals surface area contributed by atoms with Gasteiger partial charge in [0.25, 0.3) is 0 Å². The van der Waals surface area contributed by atoms with Crippen LogP contribution in [-0.4, -0.2) is 41.4 Å². The normalized spacial score (nSPS) is 23.8. The van der Waals surface area contributed by atoms with Gasteiger partial charge in [-0.1, -0.05) is 17.7 Å². The molecule has 1 aromatic carbocycles. The molecule has 7 heteroatoms. The smallest absolute Gasteiger partial charge is 0.227 e. The number of halogens is 1. The number of nitrogens with one attached hydrogen (secondary N) is 2. The van der Waals surface area contributed by atoms with Crippen molar-refractivity contribution in [2.24, 2.45) is 4.99 Å². The first-order valence-corrected chi connectivity index (χ1v) is 8.57. The molecule has 3 aliphatic heterocycles. The number of hydrogen-bond donors (Lipinski definition) is 2. The van der Waals surface area contributed by atoms with Gasteiger partial charge in [0.05, 0.1) is 12.7 Å². The lowest BCUT2D eigenvalue weighted by Crippen LogP contribution is -2.68. The summed E-state index contributed by atoms with van der Waals surface area (Å²) in [4.78, 5) is 15.7. The molecule has 4 heterocycles. The average molecular weight is 341 g/mol. The monoisotopic (exact) mass is 340 g/mol. The van der Waals surface area contributed by atoms with Crippen LogP contribution in [0.1, 0.15) is 17.5 Å². The van der Waals surface area contributed by atoms with Gasteiger partial charge in [-0.15, -0.1) is 0 Å². The van der Waals surface area contributed by atoms with Crippen molar-refractivity contribution >= 4 is 35.3 Å². The third-order valence-corrected chi connectivity index (χ3v) is 5.23. The van der Waals surface area contributed by atoms with Crippen molar-refractivity contribution in [1.29, 1.82) is 0 Å². The molecule has 2 bridgehead atoms. The summed E-state index contributed by atoms with van der Waals surface area (Å²) >= 11 is 6.31. The summed E-state index contributed by atoms with van der Waals surface area (Å²) in [7, 11) is 0. The predicted molar refractivity (Wildman–Crippen MR) is 95.6 cm³/mol. The summed E-state index contributed by atoms with van der Waals surface area (Å²) in [6, 6.07) is 7.19. The molecular formula is C17H17ClN6. The van der Waals surface area contributed by atoms with Gasteiger partial charge in [-0.2, -0.15) is 4.98 Å². The molecule has 122 valence electrons. The van der Waals surface area contributed by atoms with Crippen LogP contribution >= 0.6 is 11.6 Å². The first-order chi connectivity index (χ1) is 11.8. The van der Waals surface area contributed by atoms with E-state index in [2.05, 4.69) is 42.6 Å². The fourth-order valence-corrected chi connectivity index (χ4v) is 3.83. The SMILES string of the molecule is Clc1cnc(N2C3CNCC2C3)nc1Nc1ccc2c(c1)C=NC2. The molecular weight excluding hydrogens is 324 g/mol. The second-order valence-corrected chi connectivity index (χ2v) is 6.89. The molecule has 6 nitrogen and oxygen atoms in total. The minimum atomic E-state index is 0.494. The number of anilines is 3. The van der Waals surface area contributed by atoms with Gasteiger partial charge in [-0.05, 0) is 29.7 Å². The van der Waals surface area contributed by atoms with Crippen molar-refractivity contribution in [3.05, 3.63) is 40.5 Å². The molecule has 2 saturated heterocycles. The van der Waals surface area contributed by atoms with Crippen LogP contribution in [0.2, 0.25) is 5.02 Å². The maximum Gasteiger partial charge on any atom is 0.227 e. The molecule has 2 fully saturated rings. The van der Waals surface area contributed by atoms with Crippen molar-refractivity contribution in [3.8, 4) is 0 Å². The summed E-state index contributed by atoms with van der Waals surface area (Å²) < 4.78 is 0. The number of rotatable bonds is 3. The third kappa shape index (κ3) is 2.25. The summed E-state index contributed by atoms with van der Waals surface area (Å²) in [5.74, 6) is 1.40. The fraction of sp³-hybridized carbons (Fsp3) is 0.353. The Hall–Kier alpha value is -2.18. The maximum absolute atomic E-state index is 6.31. The molecule has 0 saturated carbocycles. The Bertz CT molecular complexity index is 822. The van der Waals surface area contributed by atoms with Gasteiger partial charge in [-0.3, -0.25) is 4.99 Å². The van der Waals surface area contributed by atoms with E-state index in [9.17, 15) is 0 Å². The lowest BCUT2D eigenvalue weighted by Gasteiger charge is -2.53. The summed E-state index contributed by atoms with van der Waals surface area (Å²) in [6.45, 7) is 2.75. The molecule has 1 aromatic heterocycles. The number of benzene rings is 1. The summed E-state index contributed by atoms with van der Waals surface area (Å²) in [5.41, 5.74) is 3.35. The molecule has 2 N–H and O–H groups in total. The number of fused-ring (bicyclic) bond motifs is 3. The van der Waals surface area contributed by atoms with Crippen molar-refractivity contribution in [1.82, 2.24) is 15.3 Å². The van der Waals surface area contributed by atoms with E-state index < -0.39 is 0 Å².